The van der Waals surface area contributed by atoms with E-state index in [9.17, 15) is 4.79 Å². The van der Waals surface area contributed by atoms with Crippen LogP contribution >= 0.6 is 22.9 Å². The average molecular weight is 283 g/mol. The van der Waals surface area contributed by atoms with Gasteiger partial charge in [-0.25, -0.2) is 4.98 Å². The Bertz CT molecular complexity index is 567. The predicted molar refractivity (Wildman–Crippen MR) is 77.3 cm³/mol. The molecule has 1 heterocycles. The molecule has 0 aliphatic carbocycles. The molecule has 1 amide bonds. The van der Waals surface area contributed by atoms with Crippen LogP contribution in [-0.2, 0) is 4.79 Å². The molecule has 0 aliphatic rings. The molecule has 0 saturated carbocycles. The van der Waals surface area contributed by atoms with Crippen LogP contribution in [0.15, 0.2) is 18.2 Å². The summed E-state index contributed by atoms with van der Waals surface area (Å²) in [6, 6.07) is 5.52. The van der Waals surface area contributed by atoms with E-state index in [0.717, 1.165) is 23.1 Å². The fourth-order valence-corrected chi connectivity index (χ4v) is 2.89. The van der Waals surface area contributed by atoms with Crippen molar-refractivity contribution in [3.8, 4) is 0 Å². The SMILES string of the molecule is CCCC(C)C(=O)Nc1nc2ccc(Cl)cc2s1. The molecule has 18 heavy (non-hydrogen) atoms. The first-order chi connectivity index (χ1) is 8.60. The number of hydrogen-bond donors (Lipinski definition) is 1. The number of anilines is 1. The van der Waals surface area contributed by atoms with Crippen molar-refractivity contribution in [2.75, 3.05) is 5.32 Å². The molecule has 5 heteroatoms. The third kappa shape index (κ3) is 3.00. The molecule has 2 aromatic rings. The number of carbonyl (C=O) groups is 1. The minimum absolute atomic E-state index is 0.0191. The first-order valence-electron chi connectivity index (χ1n) is 5.97. The van der Waals surface area contributed by atoms with Gasteiger partial charge in [0, 0.05) is 10.9 Å². The van der Waals surface area contributed by atoms with E-state index in [1.807, 2.05) is 19.1 Å². The third-order valence-electron chi connectivity index (χ3n) is 2.75. The average Bonchev–Trinajstić information content (AvgIpc) is 2.70. The van der Waals surface area contributed by atoms with Gasteiger partial charge >= 0.3 is 0 Å². The summed E-state index contributed by atoms with van der Waals surface area (Å²) in [5.41, 5.74) is 0.864. The summed E-state index contributed by atoms with van der Waals surface area (Å²) in [6.07, 6.45) is 1.90. The Labute approximate surface area is 115 Å². The number of halogens is 1. The standard InChI is InChI=1S/C13H15ClN2OS/c1-3-4-8(2)12(17)16-13-15-10-6-5-9(14)7-11(10)18-13/h5-8H,3-4H2,1-2H3,(H,15,16,17). The lowest BCUT2D eigenvalue weighted by atomic mass is 10.1. The second-order valence-electron chi connectivity index (χ2n) is 4.31. The van der Waals surface area contributed by atoms with Crippen LogP contribution in [0.1, 0.15) is 26.7 Å². The molecule has 0 aliphatic heterocycles. The number of hydrogen-bond acceptors (Lipinski definition) is 3. The topological polar surface area (TPSA) is 42.0 Å². The van der Waals surface area contributed by atoms with E-state index in [2.05, 4.69) is 17.2 Å². The monoisotopic (exact) mass is 282 g/mol. The number of carbonyl (C=O) groups excluding carboxylic acids is 1. The van der Waals surface area contributed by atoms with Gasteiger partial charge in [-0.1, -0.05) is 43.2 Å². The van der Waals surface area contributed by atoms with E-state index in [4.69, 9.17) is 11.6 Å². The smallest absolute Gasteiger partial charge is 0.228 e. The maximum atomic E-state index is 11.9. The Morgan fingerprint density at radius 2 is 2.33 bits per heavy atom. The summed E-state index contributed by atoms with van der Waals surface area (Å²) in [6.45, 7) is 4.01. The van der Waals surface area contributed by atoms with Gasteiger partial charge in [0.1, 0.15) is 0 Å². The zero-order valence-corrected chi connectivity index (χ0v) is 11.9. The summed E-state index contributed by atoms with van der Waals surface area (Å²) in [5, 5.41) is 4.18. The van der Waals surface area contributed by atoms with Crippen molar-refractivity contribution in [2.24, 2.45) is 5.92 Å². The molecule has 0 radical (unpaired) electrons. The number of benzene rings is 1. The Hall–Kier alpha value is -1.13. The number of nitrogens with one attached hydrogen (secondary N) is 1. The van der Waals surface area contributed by atoms with E-state index in [1.165, 1.54) is 11.3 Å². The summed E-state index contributed by atoms with van der Waals surface area (Å²) in [7, 11) is 0. The van der Waals surface area contributed by atoms with Crippen LogP contribution in [0, 0.1) is 5.92 Å². The van der Waals surface area contributed by atoms with Gasteiger partial charge in [0.15, 0.2) is 5.13 Å². The first-order valence-corrected chi connectivity index (χ1v) is 7.16. The highest BCUT2D eigenvalue weighted by Crippen LogP contribution is 2.28. The molecule has 2 rings (SSSR count). The summed E-state index contributed by atoms with van der Waals surface area (Å²) in [4.78, 5) is 16.2. The van der Waals surface area contributed by atoms with Crippen molar-refractivity contribution in [3.63, 3.8) is 0 Å². The highest BCUT2D eigenvalue weighted by molar-refractivity contribution is 7.22. The van der Waals surface area contributed by atoms with Crippen LogP contribution in [0.2, 0.25) is 5.02 Å². The van der Waals surface area contributed by atoms with Crippen LogP contribution in [-0.4, -0.2) is 10.9 Å². The predicted octanol–water partition coefficient (Wildman–Crippen LogP) is 4.32. The van der Waals surface area contributed by atoms with E-state index < -0.39 is 0 Å². The fourth-order valence-electron chi connectivity index (χ4n) is 1.74. The van der Waals surface area contributed by atoms with Gasteiger partial charge in [-0.3, -0.25) is 4.79 Å². The molecule has 3 nitrogen and oxygen atoms in total. The lowest BCUT2D eigenvalue weighted by Gasteiger charge is -2.08. The third-order valence-corrected chi connectivity index (χ3v) is 3.92. The van der Waals surface area contributed by atoms with Gasteiger partial charge in [0.05, 0.1) is 10.2 Å². The van der Waals surface area contributed by atoms with Crippen molar-refractivity contribution < 1.29 is 4.79 Å². The molecule has 0 fully saturated rings. The number of amides is 1. The minimum Gasteiger partial charge on any atom is -0.302 e. The van der Waals surface area contributed by atoms with Crippen LogP contribution in [0.25, 0.3) is 10.2 Å². The zero-order chi connectivity index (χ0) is 13.1. The molecule has 0 bridgehead atoms. The zero-order valence-electron chi connectivity index (χ0n) is 10.4. The summed E-state index contributed by atoms with van der Waals surface area (Å²) in [5.74, 6) is 0.0487. The number of rotatable bonds is 4. The van der Waals surface area contributed by atoms with Crippen molar-refractivity contribution in [2.45, 2.75) is 26.7 Å². The van der Waals surface area contributed by atoms with Crippen molar-refractivity contribution in [1.29, 1.82) is 0 Å². The second kappa shape index (κ2) is 5.67. The Balaban J connectivity index is 2.14. The maximum absolute atomic E-state index is 11.9. The lowest BCUT2D eigenvalue weighted by Crippen LogP contribution is -2.19. The quantitative estimate of drug-likeness (QED) is 0.907. The van der Waals surface area contributed by atoms with Crippen molar-refractivity contribution in [3.05, 3.63) is 23.2 Å². The molecule has 1 unspecified atom stereocenters. The molecule has 96 valence electrons. The Kier molecular flexibility index (Phi) is 4.19. The Morgan fingerprint density at radius 1 is 1.56 bits per heavy atom. The van der Waals surface area contributed by atoms with Crippen LogP contribution in [0.4, 0.5) is 5.13 Å². The number of thiazole rings is 1. The minimum atomic E-state index is 0.0191. The largest absolute Gasteiger partial charge is 0.302 e. The number of nitrogens with zero attached hydrogens (tertiary/aromatic N) is 1. The van der Waals surface area contributed by atoms with Gasteiger partial charge in [-0.05, 0) is 24.6 Å². The van der Waals surface area contributed by atoms with E-state index in [-0.39, 0.29) is 11.8 Å². The summed E-state index contributed by atoms with van der Waals surface area (Å²) < 4.78 is 0.987. The van der Waals surface area contributed by atoms with Crippen molar-refractivity contribution >= 4 is 44.2 Å². The highest BCUT2D eigenvalue weighted by atomic mass is 35.5. The molecular weight excluding hydrogens is 268 g/mol. The van der Waals surface area contributed by atoms with Crippen LogP contribution in [0.5, 0.6) is 0 Å². The van der Waals surface area contributed by atoms with Gasteiger partial charge in [0.25, 0.3) is 0 Å². The number of aromatic nitrogens is 1. The van der Waals surface area contributed by atoms with E-state index >= 15 is 0 Å². The van der Waals surface area contributed by atoms with Crippen LogP contribution < -0.4 is 5.32 Å². The molecule has 1 aromatic carbocycles. The van der Waals surface area contributed by atoms with Crippen LogP contribution in [0.3, 0.4) is 0 Å². The number of fused-ring (bicyclic) bond motifs is 1. The fraction of sp³-hybridized carbons (Fsp3) is 0.385. The van der Waals surface area contributed by atoms with Gasteiger partial charge in [-0.15, -0.1) is 0 Å². The molecule has 1 aromatic heterocycles. The Morgan fingerprint density at radius 3 is 3.06 bits per heavy atom. The van der Waals surface area contributed by atoms with E-state index in [0.29, 0.717) is 10.2 Å². The first kappa shape index (κ1) is 13.3. The van der Waals surface area contributed by atoms with Crippen molar-refractivity contribution in [1.82, 2.24) is 4.98 Å². The molecule has 1 N–H and O–H groups in total. The lowest BCUT2D eigenvalue weighted by molar-refractivity contribution is -0.119. The maximum Gasteiger partial charge on any atom is 0.228 e. The second-order valence-corrected chi connectivity index (χ2v) is 5.78. The molecule has 0 saturated heterocycles. The summed E-state index contributed by atoms with van der Waals surface area (Å²) >= 11 is 7.36. The normalized spacial score (nSPS) is 12.6. The van der Waals surface area contributed by atoms with E-state index in [1.54, 1.807) is 6.07 Å². The molecule has 1 atom stereocenters. The van der Waals surface area contributed by atoms with Gasteiger partial charge in [-0.2, -0.15) is 0 Å². The molecular formula is C13H15ClN2OS. The van der Waals surface area contributed by atoms with Gasteiger partial charge in [0.2, 0.25) is 5.91 Å². The highest BCUT2D eigenvalue weighted by Gasteiger charge is 2.14. The molecule has 0 spiro atoms. The van der Waals surface area contributed by atoms with Gasteiger partial charge < -0.3 is 5.32 Å².